The number of hydrogen-bond acceptors (Lipinski definition) is 2. The van der Waals surface area contributed by atoms with Gasteiger partial charge in [-0.25, -0.2) is 0 Å². The first-order chi connectivity index (χ1) is 11.1. The van der Waals surface area contributed by atoms with Gasteiger partial charge in [-0.15, -0.1) is 0 Å². The Labute approximate surface area is 165 Å². The first-order valence-electron chi connectivity index (χ1n) is 7.73. The van der Waals surface area contributed by atoms with E-state index in [1.54, 1.807) is 0 Å². The van der Waals surface area contributed by atoms with Gasteiger partial charge >= 0.3 is 37.9 Å². The van der Waals surface area contributed by atoms with Crippen molar-refractivity contribution in [2.45, 2.75) is 39.3 Å². The zero-order valence-corrected chi connectivity index (χ0v) is 20.1. The van der Waals surface area contributed by atoms with Crippen LogP contribution in [0.15, 0.2) is 42.7 Å². The molecule has 0 bridgehead atoms. The van der Waals surface area contributed by atoms with E-state index in [4.69, 9.17) is 17.0 Å². The molecule has 1 aromatic heterocycles. The Hall–Kier alpha value is -0.220. The van der Waals surface area contributed by atoms with Gasteiger partial charge in [0.05, 0.1) is 0 Å². The molecule has 0 saturated carbocycles. The first-order valence-corrected chi connectivity index (χ1v) is 17.0. The third-order valence-electron chi connectivity index (χ3n) is 4.25. The van der Waals surface area contributed by atoms with Gasteiger partial charge in [0.2, 0.25) is 8.24 Å². The van der Waals surface area contributed by atoms with E-state index in [1.807, 2.05) is 30.6 Å². The van der Waals surface area contributed by atoms with Gasteiger partial charge in [-0.1, -0.05) is 39.0 Å². The Kier molecular flexibility index (Phi) is 8.12. The van der Waals surface area contributed by atoms with Crippen molar-refractivity contribution in [1.82, 2.24) is 4.68 Å². The van der Waals surface area contributed by atoms with Crippen molar-refractivity contribution in [2.24, 2.45) is 0 Å². The van der Waals surface area contributed by atoms with Crippen LogP contribution in [0.4, 0.5) is 0 Å². The van der Waals surface area contributed by atoms with Crippen LogP contribution in [0, 0.1) is 0 Å². The van der Waals surface area contributed by atoms with Crippen molar-refractivity contribution in [3.05, 3.63) is 48.3 Å². The predicted octanol–water partition coefficient (Wildman–Crippen LogP) is 4.55. The van der Waals surface area contributed by atoms with E-state index < -0.39 is 29.1 Å². The van der Waals surface area contributed by atoms with Gasteiger partial charge < -0.3 is 9.78 Å². The predicted molar refractivity (Wildman–Crippen MR) is 104 cm³/mol. The zero-order chi connectivity index (χ0) is 18.5. The number of aromatic hydroxyl groups is 1. The number of rotatable bonds is 3. The van der Waals surface area contributed by atoms with E-state index in [-0.39, 0.29) is 5.41 Å². The number of aromatic nitrogens is 1. The second-order valence-electron chi connectivity index (χ2n) is 7.17. The molecule has 24 heavy (non-hydrogen) atoms. The molecule has 0 amide bonds. The SMILES string of the molecule is CN(n1cccc1)[Si](C)(C)c1cccc(C(C)(C)C)c1O.[Cl][Zr][Cl]. The summed E-state index contributed by atoms with van der Waals surface area (Å²) in [5, 5.41) is 11.9. The zero-order valence-electron chi connectivity index (χ0n) is 15.1. The van der Waals surface area contributed by atoms with Crippen LogP contribution in [0.5, 0.6) is 5.75 Å². The van der Waals surface area contributed by atoms with Gasteiger partial charge in [0.15, 0.2) is 0 Å². The summed E-state index contributed by atoms with van der Waals surface area (Å²) < 4.78 is 4.35. The van der Waals surface area contributed by atoms with Crippen LogP contribution in [0.1, 0.15) is 26.3 Å². The summed E-state index contributed by atoms with van der Waals surface area (Å²) in [6.45, 7) is 10.9. The van der Waals surface area contributed by atoms with Crippen LogP contribution >= 0.6 is 17.0 Å². The van der Waals surface area contributed by atoms with Crippen molar-refractivity contribution >= 4 is 30.4 Å². The molecule has 1 N–H and O–H groups in total. The number of halogens is 2. The maximum absolute atomic E-state index is 10.8. The van der Waals surface area contributed by atoms with E-state index in [0.29, 0.717) is 5.75 Å². The minimum absolute atomic E-state index is 0.0589. The molecule has 0 saturated heterocycles. The number of phenolic OH excluding ortho intramolecular Hbond substituents is 1. The van der Waals surface area contributed by atoms with E-state index in [0.717, 1.165) is 10.8 Å². The molecule has 1 aromatic carbocycles. The van der Waals surface area contributed by atoms with Crippen LogP contribution in [-0.4, -0.2) is 25.1 Å². The van der Waals surface area contributed by atoms with Crippen molar-refractivity contribution in [3.63, 3.8) is 0 Å². The molecule has 0 aliphatic carbocycles. The molecular weight excluding hydrogens is 438 g/mol. The Bertz CT molecular complexity index is 643. The summed E-state index contributed by atoms with van der Waals surface area (Å²) in [5.41, 5.74) is 0.956. The molecular formula is C17H26Cl2N2OSiZr. The molecule has 0 unspecified atom stereocenters. The van der Waals surface area contributed by atoms with Gasteiger partial charge in [-0.05, 0) is 36.2 Å². The van der Waals surface area contributed by atoms with E-state index in [9.17, 15) is 5.11 Å². The fraction of sp³-hybridized carbons (Fsp3) is 0.412. The number of hydrogen-bond donors (Lipinski definition) is 1. The van der Waals surface area contributed by atoms with Gasteiger partial charge in [0.25, 0.3) is 0 Å². The number of para-hydroxylation sites is 1. The summed E-state index contributed by atoms with van der Waals surface area (Å²) in [6.07, 6.45) is 4.08. The van der Waals surface area contributed by atoms with Crippen LogP contribution in [0.3, 0.4) is 0 Å². The number of phenols is 1. The summed E-state index contributed by atoms with van der Waals surface area (Å²) in [4.78, 5) is 0. The molecule has 3 nitrogen and oxygen atoms in total. The quantitative estimate of drug-likeness (QED) is 0.676. The summed E-state index contributed by atoms with van der Waals surface area (Å²) in [5.74, 6) is 0.459. The topological polar surface area (TPSA) is 28.4 Å². The third-order valence-corrected chi connectivity index (χ3v) is 7.82. The maximum atomic E-state index is 10.8. The second kappa shape index (κ2) is 8.93. The number of benzene rings is 1. The molecule has 0 fully saturated rings. The average Bonchev–Trinajstić information content (AvgIpc) is 3.00. The molecule has 0 spiro atoms. The fourth-order valence-electron chi connectivity index (χ4n) is 2.63. The van der Waals surface area contributed by atoms with Gasteiger partial charge in [-0.2, -0.15) is 0 Å². The van der Waals surface area contributed by atoms with Crippen molar-refractivity contribution in [2.75, 3.05) is 11.7 Å². The van der Waals surface area contributed by atoms with Crippen LogP contribution < -0.4 is 9.86 Å². The Balaban J connectivity index is 0.000000891. The van der Waals surface area contributed by atoms with Gasteiger partial charge in [0.1, 0.15) is 5.75 Å². The van der Waals surface area contributed by atoms with E-state index in [2.05, 4.69) is 62.4 Å². The summed E-state index contributed by atoms with van der Waals surface area (Å²) in [7, 11) is 9.96. The van der Waals surface area contributed by atoms with Crippen molar-refractivity contribution in [1.29, 1.82) is 0 Å². The molecule has 0 atom stereocenters. The fourth-order valence-corrected chi connectivity index (χ4v) is 4.91. The molecule has 2 rings (SSSR count). The number of nitrogens with zero attached hydrogens (tertiary/aromatic N) is 2. The van der Waals surface area contributed by atoms with Crippen LogP contribution in [0.2, 0.25) is 13.1 Å². The Morgan fingerprint density at radius 3 is 2.04 bits per heavy atom. The molecule has 2 aromatic rings. The van der Waals surface area contributed by atoms with E-state index in [1.165, 1.54) is 0 Å². The Morgan fingerprint density at radius 2 is 1.58 bits per heavy atom. The van der Waals surface area contributed by atoms with Crippen LogP contribution in [0.25, 0.3) is 0 Å². The molecule has 0 aliphatic rings. The standard InChI is InChI=1S/C17H26N2OSi.2ClH.Zr/c1-17(2,3)14-10-9-11-15(16(14)20)21(5,6)18(4)19-12-7-8-13-19;;;/h7-13,20H,1-6H3;2*1H;/q;;;+2/p-2. The van der Waals surface area contributed by atoms with E-state index >= 15 is 0 Å². The monoisotopic (exact) mass is 462 g/mol. The summed E-state index contributed by atoms with van der Waals surface area (Å²) >= 11 is -0.826. The molecule has 1 heterocycles. The molecule has 0 aliphatic heterocycles. The first kappa shape index (κ1) is 21.8. The van der Waals surface area contributed by atoms with Crippen molar-refractivity contribution < 1.29 is 26.0 Å². The minimum atomic E-state index is -2.00. The van der Waals surface area contributed by atoms with Crippen molar-refractivity contribution in [3.8, 4) is 5.75 Å². The van der Waals surface area contributed by atoms with Gasteiger partial charge in [0, 0.05) is 24.6 Å². The molecule has 7 heteroatoms. The summed E-state index contributed by atoms with van der Waals surface area (Å²) in [6, 6.07) is 10.2. The third kappa shape index (κ3) is 5.14. The molecule has 0 radical (unpaired) electrons. The Morgan fingerprint density at radius 1 is 1.08 bits per heavy atom. The second-order valence-corrected chi connectivity index (χ2v) is 15.2. The normalized spacial score (nSPS) is 11.5. The van der Waals surface area contributed by atoms with Crippen LogP contribution in [-0.2, 0) is 26.3 Å². The average molecular weight is 465 g/mol. The van der Waals surface area contributed by atoms with Gasteiger partial charge in [-0.3, -0.25) is 4.68 Å². The molecule has 132 valence electrons.